The molecule has 0 saturated heterocycles. The Bertz CT molecular complexity index is 1020. The van der Waals surface area contributed by atoms with E-state index in [4.69, 9.17) is 4.74 Å². The van der Waals surface area contributed by atoms with Crippen LogP contribution in [0.4, 0.5) is 8.78 Å². The number of aromatic nitrogens is 2. The number of benzene rings is 2. The van der Waals surface area contributed by atoms with E-state index in [0.717, 1.165) is 11.6 Å². The van der Waals surface area contributed by atoms with E-state index < -0.39 is 11.6 Å². The number of aryl methyl sites for hydroxylation is 1. The van der Waals surface area contributed by atoms with Crippen LogP contribution in [0.2, 0.25) is 0 Å². The van der Waals surface area contributed by atoms with Crippen molar-refractivity contribution in [3.05, 3.63) is 82.7 Å². The van der Waals surface area contributed by atoms with Crippen LogP contribution in [0.1, 0.15) is 22.5 Å². The van der Waals surface area contributed by atoms with Crippen molar-refractivity contribution in [2.45, 2.75) is 32.7 Å². The molecule has 0 fully saturated rings. The molecule has 0 aliphatic carbocycles. The van der Waals surface area contributed by atoms with E-state index in [1.165, 1.54) is 16.8 Å². The number of nitrogens with zero attached hydrogens (tertiary/aromatic N) is 2. The highest BCUT2D eigenvalue weighted by Crippen LogP contribution is 2.21. The summed E-state index contributed by atoms with van der Waals surface area (Å²) < 4.78 is 34.1. The SMILES string of the molecule is COCC(Cc1ccccc1)NC(=O)Cc1c(C)nn(-c2ccc(F)cc2F)c1C. The molecule has 1 aromatic heterocycles. The number of amides is 1. The van der Waals surface area contributed by atoms with E-state index in [1.807, 2.05) is 30.3 Å². The number of rotatable bonds is 8. The Morgan fingerprint density at radius 2 is 1.90 bits per heavy atom. The zero-order valence-corrected chi connectivity index (χ0v) is 17.3. The number of carbonyl (C=O) groups excluding carboxylic acids is 1. The lowest BCUT2D eigenvalue weighted by molar-refractivity contribution is -0.121. The van der Waals surface area contributed by atoms with Crippen molar-refractivity contribution < 1.29 is 18.3 Å². The Kier molecular flexibility index (Phi) is 6.95. The molecule has 0 radical (unpaired) electrons. The van der Waals surface area contributed by atoms with Gasteiger partial charge < -0.3 is 10.1 Å². The summed E-state index contributed by atoms with van der Waals surface area (Å²) in [6, 6.07) is 13.0. The minimum atomic E-state index is -0.709. The zero-order chi connectivity index (χ0) is 21.7. The van der Waals surface area contributed by atoms with Gasteiger partial charge in [0.25, 0.3) is 0 Å². The van der Waals surface area contributed by atoms with E-state index in [9.17, 15) is 13.6 Å². The van der Waals surface area contributed by atoms with E-state index >= 15 is 0 Å². The summed E-state index contributed by atoms with van der Waals surface area (Å²) in [6.07, 6.45) is 0.758. The molecule has 2 aromatic carbocycles. The van der Waals surface area contributed by atoms with Gasteiger partial charge in [-0.2, -0.15) is 5.10 Å². The highest BCUT2D eigenvalue weighted by Gasteiger charge is 2.20. The molecule has 7 heteroatoms. The molecule has 158 valence electrons. The van der Waals surface area contributed by atoms with Gasteiger partial charge >= 0.3 is 0 Å². The van der Waals surface area contributed by atoms with Gasteiger partial charge in [-0.1, -0.05) is 30.3 Å². The van der Waals surface area contributed by atoms with E-state index in [2.05, 4.69) is 10.4 Å². The summed E-state index contributed by atoms with van der Waals surface area (Å²) >= 11 is 0. The normalized spacial score (nSPS) is 12.0. The highest BCUT2D eigenvalue weighted by atomic mass is 19.1. The number of methoxy groups -OCH3 is 1. The van der Waals surface area contributed by atoms with Crippen LogP contribution in [0.5, 0.6) is 0 Å². The maximum atomic E-state index is 14.2. The topological polar surface area (TPSA) is 56.1 Å². The first-order valence-electron chi connectivity index (χ1n) is 9.71. The van der Waals surface area contributed by atoms with Gasteiger partial charge in [0.05, 0.1) is 24.8 Å². The smallest absolute Gasteiger partial charge is 0.224 e. The summed E-state index contributed by atoms with van der Waals surface area (Å²) in [6.45, 7) is 3.92. The quantitative estimate of drug-likeness (QED) is 0.613. The van der Waals surface area contributed by atoms with Crippen LogP contribution < -0.4 is 5.32 Å². The largest absolute Gasteiger partial charge is 0.383 e. The summed E-state index contributed by atoms with van der Waals surface area (Å²) in [7, 11) is 1.60. The third-order valence-corrected chi connectivity index (χ3v) is 4.97. The van der Waals surface area contributed by atoms with Crippen LogP contribution in [0, 0.1) is 25.5 Å². The van der Waals surface area contributed by atoms with Crippen LogP contribution in [-0.4, -0.2) is 35.4 Å². The second kappa shape index (κ2) is 9.63. The number of ether oxygens (including phenoxy) is 1. The molecule has 0 saturated carbocycles. The predicted octanol–water partition coefficient (Wildman–Crippen LogP) is 3.68. The molecule has 0 aliphatic heterocycles. The van der Waals surface area contributed by atoms with Crippen LogP contribution in [-0.2, 0) is 22.4 Å². The highest BCUT2D eigenvalue weighted by molar-refractivity contribution is 5.79. The monoisotopic (exact) mass is 413 g/mol. The Labute approximate surface area is 174 Å². The molecule has 1 N–H and O–H groups in total. The third-order valence-electron chi connectivity index (χ3n) is 4.97. The van der Waals surface area contributed by atoms with Crippen LogP contribution in [0.15, 0.2) is 48.5 Å². The van der Waals surface area contributed by atoms with Crippen molar-refractivity contribution in [2.24, 2.45) is 0 Å². The van der Waals surface area contributed by atoms with E-state index in [0.29, 0.717) is 30.0 Å². The van der Waals surface area contributed by atoms with Crippen molar-refractivity contribution in [2.75, 3.05) is 13.7 Å². The second-order valence-corrected chi connectivity index (χ2v) is 7.24. The summed E-state index contributed by atoms with van der Waals surface area (Å²) in [4.78, 5) is 12.7. The fraction of sp³-hybridized carbons (Fsp3) is 0.304. The fourth-order valence-electron chi connectivity index (χ4n) is 3.51. The Morgan fingerprint density at radius 3 is 2.57 bits per heavy atom. The van der Waals surface area contributed by atoms with Gasteiger partial charge in [-0.05, 0) is 38.0 Å². The third kappa shape index (κ3) is 5.10. The number of hydrogen-bond acceptors (Lipinski definition) is 3. The Hall–Kier alpha value is -3.06. The number of halogens is 2. The molecule has 1 atom stereocenters. The van der Waals surface area contributed by atoms with Crippen molar-refractivity contribution in [1.82, 2.24) is 15.1 Å². The predicted molar refractivity (Wildman–Crippen MR) is 111 cm³/mol. The average molecular weight is 413 g/mol. The molecule has 0 bridgehead atoms. The lowest BCUT2D eigenvalue weighted by Gasteiger charge is -2.18. The number of nitrogens with one attached hydrogen (secondary N) is 1. The lowest BCUT2D eigenvalue weighted by atomic mass is 10.1. The molecule has 0 aliphatic rings. The molecule has 3 aromatic rings. The molecule has 1 unspecified atom stereocenters. The van der Waals surface area contributed by atoms with Crippen molar-refractivity contribution in [3.8, 4) is 5.69 Å². The minimum Gasteiger partial charge on any atom is -0.383 e. The van der Waals surface area contributed by atoms with Crippen molar-refractivity contribution in [3.63, 3.8) is 0 Å². The average Bonchev–Trinajstić information content (AvgIpc) is 2.97. The van der Waals surface area contributed by atoms with E-state index in [1.54, 1.807) is 21.0 Å². The minimum absolute atomic E-state index is 0.107. The summed E-state index contributed by atoms with van der Waals surface area (Å²) in [5, 5.41) is 7.37. The van der Waals surface area contributed by atoms with Crippen molar-refractivity contribution >= 4 is 5.91 Å². The van der Waals surface area contributed by atoms with Gasteiger partial charge in [-0.25, -0.2) is 13.5 Å². The first kappa shape index (κ1) is 21.6. The molecule has 3 rings (SSSR count). The number of hydrogen-bond donors (Lipinski definition) is 1. The number of carbonyl (C=O) groups is 1. The standard InChI is InChI=1S/C23H25F2N3O2/c1-15-20(16(2)28(27-15)22-10-9-18(24)12-21(22)25)13-23(29)26-19(14-30-3)11-17-7-5-4-6-8-17/h4-10,12,19H,11,13-14H2,1-3H3,(H,26,29). The van der Waals surface area contributed by atoms with Gasteiger partial charge in [-0.15, -0.1) is 0 Å². The second-order valence-electron chi connectivity index (χ2n) is 7.24. The zero-order valence-electron chi connectivity index (χ0n) is 17.3. The summed E-state index contributed by atoms with van der Waals surface area (Å²) in [5.41, 5.74) is 3.22. The maximum absolute atomic E-state index is 14.2. The molecule has 1 amide bonds. The van der Waals surface area contributed by atoms with Gasteiger partial charge in [-0.3, -0.25) is 4.79 Å². The first-order chi connectivity index (χ1) is 14.4. The fourth-order valence-corrected chi connectivity index (χ4v) is 3.51. The molecular weight excluding hydrogens is 388 g/mol. The maximum Gasteiger partial charge on any atom is 0.224 e. The Morgan fingerprint density at radius 1 is 1.17 bits per heavy atom. The molecule has 30 heavy (non-hydrogen) atoms. The summed E-state index contributed by atoms with van der Waals surface area (Å²) in [5.74, 6) is -1.53. The van der Waals surface area contributed by atoms with Crippen LogP contribution in [0.25, 0.3) is 5.69 Å². The molecule has 1 heterocycles. The van der Waals surface area contributed by atoms with Gasteiger partial charge in [0.15, 0.2) is 5.82 Å². The van der Waals surface area contributed by atoms with E-state index in [-0.39, 0.29) is 24.1 Å². The van der Waals surface area contributed by atoms with Crippen LogP contribution in [0.3, 0.4) is 0 Å². The van der Waals surface area contributed by atoms with Crippen LogP contribution >= 0.6 is 0 Å². The first-order valence-corrected chi connectivity index (χ1v) is 9.71. The van der Waals surface area contributed by atoms with Gasteiger partial charge in [0, 0.05) is 24.4 Å². The Balaban J connectivity index is 1.75. The molecular formula is C23H25F2N3O2. The molecule has 5 nitrogen and oxygen atoms in total. The molecule has 0 spiro atoms. The van der Waals surface area contributed by atoms with Gasteiger partial charge in [0.2, 0.25) is 5.91 Å². The lowest BCUT2D eigenvalue weighted by Crippen LogP contribution is -2.40. The van der Waals surface area contributed by atoms with Crippen molar-refractivity contribution in [1.29, 1.82) is 0 Å². The van der Waals surface area contributed by atoms with Gasteiger partial charge in [0.1, 0.15) is 11.5 Å².